The van der Waals surface area contributed by atoms with Crippen molar-refractivity contribution in [3.8, 4) is 0 Å². The summed E-state index contributed by atoms with van der Waals surface area (Å²) < 4.78 is 38.7. The van der Waals surface area contributed by atoms with Crippen LogP contribution in [0.3, 0.4) is 0 Å². The van der Waals surface area contributed by atoms with Crippen LogP contribution in [0.1, 0.15) is 37.7 Å². The van der Waals surface area contributed by atoms with Gasteiger partial charge in [-0.05, 0) is 50.3 Å². The van der Waals surface area contributed by atoms with Crippen LogP contribution in [0.5, 0.6) is 0 Å². The molecule has 2 aliphatic rings. The zero-order valence-corrected chi connectivity index (χ0v) is 16.1. The molecule has 4 nitrogen and oxygen atoms in total. The number of carbonyl (C=O) groups is 1. The smallest absolute Gasteiger partial charge is 0.369 e. The summed E-state index contributed by atoms with van der Waals surface area (Å²) in [6.07, 6.45) is 3.70. The standard InChI is InChI=1S/C21H28F3N3O/c22-21(23,24)18-7-4-8-19(15-18)27-13-11-26(12-14-27)16-20(28)25-10-9-17-5-2-1-3-6-17/h4-5,7-8,15H,1-3,6,9-14,16H2,(H,25,28). The number of hydrogen-bond acceptors (Lipinski definition) is 3. The first-order valence-electron chi connectivity index (χ1n) is 10.0. The molecule has 154 valence electrons. The number of nitrogens with one attached hydrogen (secondary N) is 1. The van der Waals surface area contributed by atoms with Crippen molar-refractivity contribution in [3.63, 3.8) is 0 Å². The van der Waals surface area contributed by atoms with Crippen LogP contribution in [0, 0.1) is 0 Å². The molecule has 0 radical (unpaired) electrons. The number of halogens is 3. The third-order valence-corrected chi connectivity index (χ3v) is 5.43. The number of hydrogen-bond donors (Lipinski definition) is 1. The summed E-state index contributed by atoms with van der Waals surface area (Å²) in [7, 11) is 0. The molecule has 1 saturated heterocycles. The molecule has 1 amide bonds. The van der Waals surface area contributed by atoms with Crippen LogP contribution < -0.4 is 10.2 Å². The van der Waals surface area contributed by atoms with Crippen molar-refractivity contribution in [2.24, 2.45) is 0 Å². The number of allylic oxidation sites excluding steroid dienone is 1. The van der Waals surface area contributed by atoms with Gasteiger partial charge in [-0.1, -0.05) is 17.7 Å². The van der Waals surface area contributed by atoms with E-state index in [2.05, 4.69) is 16.3 Å². The Morgan fingerprint density at radius 1 is 1.11 bits per heavy atom. The van der Waals surface area contributed by atoms with Gasteiger partial charge in [0.25, 0.3) is 0 Å². The molecule has 0 bridgehead atoms. The summed E-state index contributed by atoms with van der Waals surface area (Å²) in [6.45, 7) is 3.57. The Morgan fingerprint density at radius 2 is 1.89 bits per heavy atom. The van der Waals surface area contributed by atoms with E-state index in [1.807, 2.05) is 4.90 Å². The van der Waals surface area contributed by atoms with Crippen LogP contribution in [0.25, 0.3) is 0 Å². The number of rotatable bonds is 6. The maximum atomic E-state index is 12.9. The number of benzene rings is 1. The van der Waals surface area contributed by atoms with Crippen molar-refractivity contribution in [1.29, 1.82) is 0 Å². The summed E-state index contributed by atoms with van der Waals surface area (Å²) in [4.78, 5) is 16.1. The van der Waals surface area contributed by atoms with Gasteiger partial charge in [-0.3, -0.25) is 9.69 Å². The van der Waals surface area contributed by atoms with E-state index in [9.17, 15) is 18.0 Å². The summed E-state index contributed by atoms with van der Waals surface area (Å²) in [5.74, 6) is 0.0175. The maximum absolute atomic E-state index is 12.9. The highest BCUT2D eigenvalue weighted by Crippen LogP contribution is 2.31. The lowest BCUT2D eigenvalue weighted by Gasteiger charge is -2.36. The molecular weight excluding hydrogens is 367 g/mol. The third kappa shape index (κ3) is 5.99. The average molecular weight is 395 g/mol. The summed E-state index contributed by atoms with van der Waals surface area (Å²) in [5.41, 5.74) is 1.40. The fourth-order valence-electron chi connectivity index (χ4n) is 3.80. The topological polar surface area (TPSA) is 35.6 Å². The van der Waals surface area contributed by atoms with Gasteiger partial charge in [-0.15, -0.1) is 0 Å². The highest BCUT2D eigenvalue weighted by Gasteiger charge is 2.31. The molecule has 1 N–H and O–H groups in total. The highest BCUT2D eigenvalue weighted by atomic mass is 19.4. The quantitative estimate of drug-likeness (QED) is 0.744. The minimum atomic E-state index is -4.33. The van der Waals surface area contributed by atoms with Crippen molar-refractivity contribution in [3.05, 3.63) is 41.5 Å². The first kappa shape index (κ1) is 20.7. The lowest BCUT2D eigenvalue weighted by Crippen LogP contribution is -2.49. The van der Waals surface area contributed by atoms with Crippen molar-refractivity contribution >= 4 is 11.6 Å². The van der Waals surface area contributed by atoms with Crippen molar-refractivity contribution in [1.82, 2.24) is 10.2 Å². The van der Waals surface area contributed by atoms with E-state index in [1.54, 1.807) is 6.07 Å². The second kappa shape index (κ2) is 9.45. The lowest BCUT2D eigenvalue weighted by molar-refractivity contribution is -0.137. The molecule has 1 fully saturated rings. The molecule has 0 spiro atoms. The molecule has 28 heavy (non-hydrogen) atoms. The summed E-state index contributed by atoms with van der Waals surface area (Å²) in [5, 5.41) is 2.98. The van der Waals surface area contributed by atoms with E-state index in [0.29, 0.717) is 45.0 Å². The SMILES string of the molecule is O=C(CN1CCN(c2cccc(C(F)(F)F)c2)CC1)NCCC1=CCCCC1. The summed E-state index contributed by atoms with van der Waals surface area (Å²) >= 11 is 0. The number of anilines is 1. The van der Waals surface area contributed by atoms with Gasteiger partial charge < -0.3 is 10.2 Å². The van der Waals surface area contributed by atoms with Gasteiger partial charge in [0.05, 0.1) is 12.1 Å². The maximum Gasteiger partial charge on any atom is 0.416 e. The van der Waals surface area contributed by atoms with Crippen LogP contribution in [-0.4, -0.2) is 50.1 Å². The number of nitrogens with zero attached hydrogens (tertiary/aromatic N) is 2. The van der Waals surface area contributed by atoms with Crippen LogP contribution in [-0.2, 0) is 11.0 Å². The van der Waals surface area contributed by atoms with Crippen LogP contribution in [0.15, 0.2) is 35.9 Å². The fraction of sp³-hybridized carbons (Fsp3) is 0.571. The second-order valence-corrected chi connectivity index (χ2v) is 7.52. The van der Waals surface area contributed by atoms with Crippen molar-refractivity contribution in [2.45, 2.75) is 38.3 Å². The Balaban J connectivity index is 1.40. The summed E-state index contributed by atoms with van der Waals surface area (Å²) in [6, 6.07) is 5.44. The number of piperazine rings is 1. The van der Waals surface area contributed by atoms with E-state index in [4.69, 9.17) is 0 Å². The number of carbonyl (C=O) groups excluding carboxylic acids is 1. The molecular formula is C21H28F3N3O. The Hall–Kier alpha value is -2.02. The molecule has 7 heteroatoms. The Morgan fingerprint density at radius 3 is 2.57 bits per heavy atom. The monoisotopic (exact) mass is 395 g/mol. The Bertz CT molecular complexity index is 694. The van der Waals surface area contributed by atoms with Crippen LogP contribution >= 0.6 is 0 Å². The first-order chi connectivity index (χ1) is 13.4. The predicted octanol–water partition coefficient (Wildman–Crippen LogP) is 3.83. The first-order valence-corrected chi connectivity index (χ1v) is 10.0. The molecule has 1 heterocycles. The third-order valence-electron chi connectivity index (χ3n) is 5.43. The Kier molecular flexibility index (Phi) is 6.99. The van der Waals surface area contributed by atoms with E-state index >= 15 is 0 Å². The largest absolute Gasteiger partial charge is 0.416 e. The van der Waals surface area contributed by atoms with E-state index in [0.717, 1.165) is 25.3 Å². The van der Waals surface area contributed by atoms with Crippen LogP contribution in [0.4, 0.5) is 18.9 Å². The number of alkyl halides is 3. The highest BCUT2D eigenvalue weighted by molar-refractivity contribution is 5.78. The van der Waals surface area contributed by atoms with Crippen molar-refractivity contribution in [2.75, 3.05) is 44.2 Å². The molecule has 0 aromatic heterocycles. The van der Waals surface area contributed by atoms with Gasteiger partial charge in [0.15, 0.2) is 0 Å². The minimum absolute atomic E-state index is 0.0175. The Labute approximate surface area is 164 Å². The second-order valence-electron chi connectivity index (χ2n) is 7.52. The van der Waals surface area contributed by atoms with E-state index < -0.39 is 11.7 Å². The van der Waals surface area contributed by atoms with Gasteiger partial charge in [0.1, 0.15) is 0 Å². The number of amides is 1. The molecule has 0 atom stereocenters. The van der Waals surface area contributed by atoms with Gasteiger partial charge in [-0.25, -0.2) is 0 Å². The van der Waals surface area contributed by atoms with E-state index in [-0.39, 0.29) is 5.91 Å². The minimum Gasteiger partial charge on any atom is -0.369 e. The van der Waals surface area contributed by atoms with E-state index in [1.165, 1.54) is 30.5 Å². The normalized spacial score (nSPS) is 18.7. The van der Waals surface area contributed by atoms with Gasteiger partial charge in [0, 0.05) is 38.4 Å². The molecule has 1 aliphatic carbocycles. The molecule has 0 unspecified atom stereocenters. The molecule has 1 aliphatic heterocycles. The van der Waals surface area contributed by atoms with Gasteiger partial charge in [-0.2, -0.15) is 13.2 Å². The fourth-order valence-corrected chi connectivity index (χ4v) is 3.80. The van der Waals surface area contributed by atoms with Crippen LogP contribution in [0.2, 0.25) is 0 Å². The molecule has 1 aromatic carbocycles. The molecule has 0 saturated carbocycles. The lowest BCUT2D eigenvalue weighted by atomic mass is 9.97. The van der Waals surface area contributed by atoms with Gasteiger partial charge in [0.2, 0.25) is 5.91 Å². The average Bonchev–Trinajstić information content (AvgIpc) is 2.69. The zero-order valence-electron chi connectivity index (χ0n) is 16.1. The predicted molar refractivity (Wildman–Crippen MR) is 104 cm³/mol. The molecule has 1 aromatic rings. The molecule has 3 rings (SSSR count). The van der Waals surface area contributed by atoms with Gasteiger partial charge >= 0.3 is 6.18 Å². The zero-order chi connectivity index (χ0) is 20.0. The van der Waals surface area contributed by atoms with Crippen molar-refractivity contribution < 1.29 is 18.0 Å².